The van der Waals surface area contributed by atoms with Gasteiger partial charge >= 0.3 is 5.97 Å². The molecule has 0 aromatic heterocycles. The zero-order valence-corrected chi connectivity index (χ0v) is 14.2. The van der Waals surface area contributed by atoms with Crippen molar-refractivity contribution in [3.05, 3.63) is 35.4 Å². The monoisotopic (exact) mass is 305 g/mol. The number of hydrogen-bond acceptors (Lipinski definition) is 2. The molecule has 0 radical (unpaired) electrons. The van der Waals surface area contributed by atoms with E-state index in [4.69, 9.17) is 5.11 Å². The molecular formula is C18H27NO3. The lowest BCUT2D eigenvalue weighted by Gasteiger charge is -2.20. The highest BCUT2D eigenvalue weighted by Crippen LogP contribution is 2.22. The number of aryl methyl sites for hydroxylation is 1. The first-order valence-electron chi connectivity index (χ1n) is 7.62. The van der Waals surface area contributed by atoms with Crippen LogP contribution in [0.2, 0.25) is 0 Å². The van der Waals surface area contributed by atoms with Crippen molar-refractivity contribution in [1.82, 2.24) is 5.32 Å². The predicted octanol–water partition coefficient (Wildman–Crippen LogP) is 3.14. The maximum absolute atomic E-state index is 11.8. The lowest BCUT2D eigenvalue weighted by atomic mass is 9.86. The molecule has 122 valence electrons. The summed E-state index contributed by atoms with van der Waals surface area (Å²) in [5.41, 5.74) is 1.56. The van der Waals surface area contributed by atoms with Gasteiger partial charge in [-0.05, 0) is 36.8 Å². The fraction of sp³-hybridized carbons (Fsp3) is 0.556. The molecule has 4 nitrogen and oxygen atoms in total. The van der Waals surface area contributed by atoms with Crippen molar-refractivity contribution < 1.29 is 14.7 Å². The van der Waals surface area contributed by atoms with Crippen LogP contribution in [0, 0.1) is 5.41 Å². The average molecular weight is 305 g/mol. The van der Waals surface area contributed by atoms with Gasteiger partial charge in [-0.3, -0.25) is 9.59 Å². The van der Waals surface area contributed by atoms with Crippen LogP contribution in [0.3, 0.4) is 0 Å². The molecule has 0 unspecified atom stereocenters. The number of carbonyl (C=O) groups excluding carboxylic acids is 1. The van der Waals surface area contributed by atoms with E-state index in [-0.39, 0.29) is 17.9 Å². The molecule has 0 spiro atoms. The molecule has 0 aliphatic rings. The van der Waals surface area contributed by atoms with Gasteiger partial charge in [0.2, 0.25) is 5.91 Å². The Balaban J connectivity index is 2.46. The number of carboxylic acids is 1. The van der Waals surface area contributed by atoms with Crippen molar-refractivity contribution >= 4 is 11.9 Å². The van der Waals surface area contributed by atoms with Gasteiger partial charge in [0.25, 0.3) is 0 Å². The summed E-state index contributed by atoms with van der Waals surface area (Å²) in [6.07, 6.45) is 1.02. The Morgan fingerprint density at radius 2 is 1.59 bits per heavy atom. The van der Waals surface area contributed by atoms with Crippen LogP contribution in [0.15, 0.2) is 24.3 Å². The van der Waals surface area contributed by atoms with Gasteiger partial charge in [0, 0.05) is 13.0 Å². The summed E-state index contributed by atoms with van der Waals surface area (Å²) in [5, 5.41) is 11.7. The lowest BCUT2D eigenvalue weighted by Crippen LogP contribution is -2.38. The van der Waals surface area contributed by atoms with Gasteiger partial charge in [-0.15, -0.1) is 0 Å². The van der Waals surface area contributed by atoms with Gasteiger partial charge < -0.3 is 10.4 Å². The second-order valence-electron chi connectivity index (χ2n) is 7.41. The molecule has 22 heavy (non-hydrogen) atoms. The molecule has 0 aliphatic heterocycles. The predicted molar refractivity (Wildman–Crippen MR) is 87.9 cm³/mol. The molecular weight excluding hydrogens is 278 g/mol. The minimum atomic E-state index is -0.940. The van der Waals surface area contributed by atoms with E-state index in [0.29, 0.717) is 12.8 Å². The standard InChI is InChI=1S/C18H27NO3/c1-17(2,3)14-9-6-13(7-10-14)8-11-15(20)19-12-18(4,5)16(21)22/h6-7,9-10H,8,11-12H2,1-5H3,(H,19,20)(H,21,22). The third-order valence-electron chi connectivity index (χ3n) is 3.77. The molecule has 2 N–H and O–H groups in total. The molecule has 1 rings (SSSR count). The highest BCUT2D eigenvalue weighted by molar-refractivity contribution is 5.78. The molecule has 4 heteroatoms. The van der Waals surface area contributed by atoms with E-state index in [1.165, 1.54) is 5.56 Å². The van der Waals surface area contributed by atoms with Gasteiger partial charge in [-0.25, -0.2) is 0 Å². The molecule has 0 atom stereocenters. The van der Waals surface area contributed by atoms with Crippen molar-refractivity contribution in [3.8, 4) is 0 Å². The van der Waals surface area contributed by atoms with Gasteiger partial charge in [-0.1, -0.05) is 45.0 Å². The number of carboxylic acid groups (broad SMARTS) is 1. The number of rotatable bonds is 6. The van der Waals surface area contributed by atoms with Crippen LogP contribution in [0.4, 0.5) is 0 Å². The topological polar surface area (TPSA) is 66.4 Å². The molecule has 1 aromatic carbocycles. The molecule has 0 heterocycles. The molecule has 0 bridgehead atoms. The van der Waals surface area contributed by atoms with Crippen LogP contribution < -0.4 is 5.32 Å². The summed E-state index contributed by atoms with van der Waals surface area (Å²) in [4.78, 5) is 22.8. The second-order valence-corrected chi connectivity index (χ2v) is 7.41. The quantitative estimate of drug-likeness (QED) is 0.848. The van der Waals surface area contributed by atoms with Crippen molar-refractivity contribution in [3.63, 3.8) is 0 Å². The third kappa shape index (κ3) is 5.51. The highest BCUT2D eigenvalue weighted by Gasteiger charge is 2.27. The van der Waals surface area contributed by atoms with Gasteiger partial charge in [0.15, 0.2) is 0 Å². The Morgan fingerprint density at radius 3 is 2.05 bits per heavy atom. The number of nitrogens with one attached hydrogen (secondary N) is 1. The number of amides is 1. The SMILES string of the molecule is CC(C)(CNC(=O)CCc1ccc(C(C)(C)C)cc1)C(=O)O. The highest BCUT2D eigenvalue weighted by atomic mass is 16.4. The van der Waals surface area contributed by atoms with Gasteiger partial charge in [0.05, 0.1) is 5.41 Å². The van der Waals surface area contributed by atoms with Crippen LogP contribution in [0.5, 0.6) is 0 Å². The first kappa shape index (κ1) is 18.2. The van der Waals surface area contributed by atoms with Crippen molar-refractivity contribution in [2.24, 2.45) is 5.41 Å². The smallest absolute Gasteiger partial charge is 0.310 e. The Bertz CT molecular complexity index is 524. The first-order chi connectivity index (χ1) is 10.0. The van der Waals surface area contributed by atoms with Crippen molar-refractivity contribution in [2.75, 3.05) is 6.54 Å². The molecule has 0 saturated heterocycles. The minimum Gasteiger partial charge on any atom is -0.481 e. The van der Waals surface area contributed by atoms with E-state index < -0.39 is 11.4 Å². The fourth-order valence-electron chi connectivity index (χ4n) is 1.91. The second kappa shape index (κ2) is 6.95. The Kier molecular flexibility index (Phi) is 5.75. The average Bonchev–Trinajstić information content (AvgIpc) is 2.42. The van der Waals surface area contributed by atoms with Crippen molar-refractivity contribution in [2.45, 2.75) is 52.9 Å². The summed E-state index contributed by atoms with van der Waals surface area (Å²) >= 11 is 0. The maximum atomic E-state index is 11.8. The van der Waals surface area contributed by atoms with Crippen LogP contribution in [-0.4, -0.2) is 23.5 Å². The Morgan fingerprint density at radius 1 is 1.05 bits per heavy atom. The molecule has 0 saturated carbocycles. The number of benzene rings is 1. The summed E-state index contributed by atoms with van der Waals surface area (Å²) in [6, 6.07) is 8.30. The van der Waals surface area contributed by atoms with Crippen LogP contribution in [0.25, 0.3) is 0 Å². The van der Waals surface area contributed by atoms with Gasteiger partial charge in [-0.2, -0.15) is 0 Å². The van der Waals surface area contributed by atoms with Crippen LogP contribution in [-0.2, 0) is 21.4 Å². The Hall–Kier alpha value is -1.84. The zero-order chi connectivity index (χ0) is 17.0. The molecule has 1 aromatic rings. The van der Waals surface area contributed by atoms with E-state index in [9.17, 15) is 9.59 Å². The maximum Gasteiger partial charge on any atom is 0.310 e. The normalized spacial score (nSPS) is 12.0. The lowest BCUT2D eigenvalue weighted by molar-refractivity contribution is -0.146. The van der Waals surface area contributed by atoms with E-state index in [2.05, 4.69) is 50.4 Å². The molecule has 1 amide bonds. The molecule has 0 aliphatic carbocycles. The Labute approximate surface area is 132 Å². The van der Waals surface area contributed by atoms with E-state index in [1.807, 2.05) is 0 Å². The summed E-state index contributed by atoms with van der Waals surface area (Å²) < 4.78 is 0. The van der Waals surface area contributed by atoms with Crippen LogP contribution >= 0.6 is 0 Å². The van der Waals surface area contributed by atoms with E-state index >= 15 is 0 Å². The molecule has 0 fully saturated rings. The number of aliphatic carboxylic acids is 1. The van der Waals surface area contributed by atoms with Crippen LogP contribution in [0.1, 0.15) is 52.2 Å². The number of carbonyl (C=O) groups is 2. The number of hydrogen-bond donors (Lipinski definition) is 2. The van der Waals surface area contributed by atoms with E-state index in [1.54, 1.807) is 13.8 Å². The largest absolute Gasteiger partial charge is 0.481 e. The van der Waals surface area contributed by atoms with E-state index in [0.717, 1.165) is 5.56 Å². The minimum absolute atomic E-state index is 0.116. The first-order valence-corrected chi connectivity index (χ1v) is 7.62. The summed E-state index contributed by atoms with van der Waals surface area (Å²) in [6.45, 7) is 9.84. The zero-order valence-electron chi connectivity index (χ0n) is 14.2. The van der Waals surface area contributed by atoms with Crippen molar-refractivity contribution in [1.29, 1.82) is 0 Å². The summed E-state index contributed by atoms with van der Waals surface area (Å²) in [7, 11) is 0. The summed E-state index contributed by atoms with van der Waals surface area (Å²) in [5.74, 6) is -1.03. The third-order valence-corrected chi connectivity index (χ3v) is 3.77. The van der Waals surface area contributed by atoms with Gasteiger partial charge in [0.1, 0.15) is 0 Å². The fourth-order valence-corrected chi connectivity index (χ4v) is 1.91.